The SMILES string of the molecule is O=C(O)c1ccc(NC(=O)C2CCCOC2)cn1. The Bertz CT molecular complexity index is 438. The number of carboxylic acids is 1. The van der Waals surface area contributed by atoms with Gasteiger partial charge in [0.2, 0.25) is 5.91 Å². The fraction of sp³-hybridized carbons (Fsp3) is 0.417. The number of amides is 1. The number of nitrogens with zero attached hydrogens (tertiary/aromatic N) is 1. The molecule has 0 bridgehead atoms. The number of aromatic carboxylic acids is 1. The number of aromatic nitrogens is 1. The maximum atomic E-state index is 11.9. The molecule has 2 heterocycles. The third-order valence-electron chi connectivity index (χ3n) is 2.78. The van der Waals surface area contributed by atoms with Crippen LogP contribution in [-0.4, -0.2) is 35.2 Å². The second kappa shape index (κ2) is 5.59. The van der Waals surface area contributed by atoms with Crippen LogP contribution in [0.15, 0.2) is 18.3 Å². The lowest BCUT2D eigenvalue weighted by Crippen LogP contribution is -2.30. The van der Waals surface area contributed by atoms with Gasteiger partial charge in [0.05, 0.1) is 24.4 Å². The Labute approximate surface area is 104 Å². The number of hydrogen-bond acceptors (Lipinski definition) is 4. The zero-order valence-corrected chi connectivity index (χ0v) is 9.76. The first-order valence-electron chi connectivity index (χ1n) is 5.75. The quantitative estimate of drug-likeness (QED) is 0.839. The monoisotopic (exact) mass is 250 g/mol. The van der Waals surface area contributed by atoms with Crippen LogP contribution >= 0.6 is 0 Å². The van der Waals surface area contributed by atoms with E-state index >= 15 is 0 Å². The van der Waals surface area contributed by atoms with Crippen LogP contribution < -0.4 is 5.32 Å². The molecule has 0 aliphatic carbocycles. The second-order valence-corrected chi connectivity index (χ2v) is 4.14. The second-order valence-electron chi connectivity index (χ2n) is 4.14. The highest BCUT2D eigenvalue weighted by Crippen LogP contribution is 2.16. The predicted octanol–water partition coefficient (Wildman–Crippen LogP) is 1.14. The van der Waals surface area contributed by atoms with Crippen LogP contribution in [0.2, 0.25) is 0 Å². The largest absolute Gasteiger partial charge is 0.477 e. The Hall–Kier alpha value is -1.95. The van der Waals surface area contributed by atoms with Gasteiger partial charge in [-0.15, -0.1) is 0 Å². The van der Waals surface area contributed by atoms with Crippen molar-refractivity contribution in [1.29, 1.82) is 0 Å². The summed E-state index contributed by atoms with van der Waals surface area (Å²) < 4.78 is 5.24. The molecule has 1 amide bonds. The fourth-order valence-corrected chi connectivity index (χ4v) is 1.79. The number of nitrogens with one attached hydrogen (secondary N) is 1. The molecular formula is C12H14N2O4. The molecule has 18 heavy (non-hydrogen) atoms. The van der Waals surface area contributed by atoms with E-state index in [2.05, 4.69) is 10.3 Å². The molecule has 6 heteroatoms. The predicted molar refractivity (Wildman–Crippen MR) is 63.4 cm³/mol. The van der Waals surface area contributed by atoms with Crippen molar-refractivity contribution in [3.8, 4) is 0 Å². The van der Waals surface area contributed by atoms with Crippen LogP contribution in [-0.2, 0) is 9.53 Å². The molecule has 0 spiro atoms. The number of carboxylic acid groups (broad SMARTS) is 1. The zero-order chi connectivity index (χ0) is 13.0. The summed E-state index contributed by atoms with van der Waals surface area (Å²) in [5.41, 5.74) is 0.449. The summed E-state index contributed by atoms with van der Waals surface area (Å²) in [5, 5.41) is 11.4. The van der Waals surface area contributed by atoms with Crippen LogP contribution in [0, 0.1) is 5.92 Å². The van der Waals surface area contributed by atoms with Crippen molar-refractivity contribution in [2.24, 2.45) is 5.92 Å². The molecule has 1 unspecified atom stereocenters. The third-order valence-corrected chi connectivity index (χ3v) is 2.78. The molecule has 1 saturated heterocycles. The molecule has 1 atom stereocenters. The van der Waals surface area contributed by atoms with Gasteiger partial charge in [-0.2, -0.15) is 0 Å². The highest BCUT2D eigenvalue weighted by atomic mass is 16.5. The first kappa shape index (κ1) is 12.5. The van der Waals surface area contributed by atoms with Gasteiger partial charge in [-0.1, -0.05) is 0 Å². The van der Waals surface area contributed by atoms with E-state index in [1.54, 1.807) is 0 Å². The van der Waals surface area contributed by atoms with E-state index in [4.69, 9.17) is 9.84 Å². The molecule has 1 aliphatic heterocycles. The number of pyridine rings is 1. The average molecular weight is 250 g/mol. The molecule has 1 aliphatic rings. The van der Waals surface area contributed by atoms with Crippen LogP contribution in [0.25, 0.3) is 0 Å². The maximum absolute atomic E-state index is 11.9. The van der Waals surface area contributed by atoms with Crippen molar-refractivity contribution < 1.29 is 19.4 Å². The Morgan fingerprint density at radius 3 is 2.83 bits per heavy atom. The molecule has 6 nitrogen and oxygen atoms in total. The van der Waals surface area contributed by atoms with Crippen molar-refractivity contribution in [3.05, 3.63) is 24.0 Å². The lowest BCUT2D eigenvalue weighted by Gasteiger charge is -2.21. The van der Waals surface area contributed by atoms with Crippen molar-refractivity contribution in [2.75, 3.05) is 18.5 Å². The van der Waals surface area contributed by atoms with Gasteiger partial charge in [-0.05, 0) is 25.0 Å². The number of carbonyl (C=O) groups is 2. The minimum atomic E-state index is -1.09. The lowest BCUT2D eigenvalue weighted by molar-refractivity contribution is -0.123. The topological polar surface area (TPSA) is 88.5 Å². The highest BCUT2D eigenvalue weighted by molar-refractivity contribution is 5.93. The summed E-state index contributed by atoms with van der Waals surface area (Å²) >= 11 is 0. The van der Waals surface area contributed by atoms with Crippen molar-refractivity contribution >= 4 is 17.6 Å². The van der Waals surface area contributed by atoms with Crippen LogP contribution in [0.5, 0.6) is 0 Å². The van der Waals surface area contributed by atoms with Gasteiger partial charge < -0.3 is 15.2 Å². The van der Waals surface area contributed by atoms with Gasteiger partial charge in [-0.25, -0.2) is 9.78 Å². The summed E-state index contributed by atoms with van der Waals surface area (Å²) in [6, 6.07) is 2.88. The number of hydrogen-bond donors (Lipinski definition) is 2. The van der Waals surface area contributed by atoms with Crippen LogP contribution in [0.4, 0.5) is 5.69 Å². The minimum absolute atomic E-state index is 0.0472. The molecular weight excluding hydrogens is 236 g/mol. The Balaban J connectivity index is 1.96. The van der Waals surface area contributed by atoms with Gasteiger partial charge in [0.25, 0.3) is 0 Å². The maximum Gasteiger partial charge on any atom is 0.354 e. The van der Waals surface area contributed by atoms with Crippen molar-refractivity contribution in [1.82, 2.24) is 4.98 Å². The Kier molecular flexibility index (Phi) is 3.88. The van der Waals surface area contributed by atoms with E-state index in [1.165, 1.54) is 18.3 Å². The summed E-state index contributed by atoms with van der Waals surface area (Å²) in [7, 11) is 0. The van der Waals surface area contributed by atoms with Gasteiger partial charge in [0.15, 0.2) is 0 Å². The summed E-state index contributed by atoms with van der Waals surface area (Å²) in [6.45, 7) is 1.14. The van der Waals surface area contributed by atoms with Crippen LogP contribution in [0.1, 0.15) is 23.3 Å². The minimum Gasteiger partial charge on any atom is -0.477 e. The standard InChI is InChI=1S/C12H14N2O4/c15-11(8-2-1-5-18-7-8)14-9-3-4-10(12(16)17)13-6-9/h3-4,6,8H,1-2,5,7H2,(H,14,15)(H,16,17). The zero-order valence-electron chi connectivity index (χ0n) is 9.76. The summed E-state index contributed by atoms with van der Waals surface area (Å²) in [5.74, 6) is -1.34. The van der Waals surface area contributed by atoms with E-state index in [1.807, 2.05) is 0 Å². The fourth-order valence-electron chi connectivity index (χ4n) is 1.79. The highest BCUT2D eigenvalue weighted by Gasteiger charge is 2.21. The van der Waals surface area contributed by atoms with E-state index < -0.39 is 5.97 Å². The van der Waals surface area contributed by atoms with Gasteiger partial charge in [0.1, 0.15) is 5.69 Å². The van der Waals surface area contributed by atoms with Crippen molar-refractivity contribution in [2.45, 2.75) is 12.8 Å². The van der Waals surface area contributed by atoms with Gasteiger partial charge in [-0.3, -0.25) is 4.79 Å². The smallest absolute Gasteiger partial charge is 0.354 e. The molecule has 1 aromatic rings. The molecule has 0 aromatic carbocycles. The molecule has 0 radical (unpaired) electrons. The Morgan fingerprint density at radius 1 is 1.44 bits per heavy atom. The number of rotatable bonds is 3. The van der Waals surface area contributed by atoms with Crippen molar-refractivity contribution in [3.63, 3.8) is 0 Å². The Morgan fingerprint density at radius 2 is 2.28 bits per heavy atom. The molecule has 1 aromatic heterocycles. The lowest BCUT2D eigenvalue weighted by atomic mass is 10.0. The number of anilines is 1. The van der Waals surface area contributed by atoms with Gasteiger partial charge >= 0.3 is 5.97 Å². The molecule has 2 N–H and O–H groups in total. The number of ether oxygens (including phenoxy) is 1. The average Bonchev–Trinajstić information content (AvgIpc) is 2.40. The molecule has 2 rings (SSSR count). The number of carbonyl (C=O) groups excluding carboxylic acids is 1. The molecule has 0 saturated carbocycles. The summed E-state index contributed by atoms with van der Waals surface area (Å²) in [6.07, 6.45) is 3.03. The third kappa shape index (κ3) is 3.04. The summed E-state index contributed by atoms with van der Waals surface area (Å²) in [4.78, 5) is 26.2. The van der Waals surface area contributed by atoms with E-state index in [9.17, 15) is 9.59 Å². The van der Waals surface area contributed by atoms with Crippen LogP contribution in [0.3, 0.4) is 0 Å². The van der Waals surface area contributed by atoms with Gasteiger partial charge in [0, 0.05) is 6.61 Å². The van der Waals surface area contributed by atoms with E-state index in [0.29, 0.717) is 18.9 Å². The van der Waals surface area contributed by atoms with E-state index in [0.717, 1.165) is 12.8 Å². The first-order valence-corrected chi connectivity index (χ1v) is 5.75. The molecule has 96 valence electrons. The first-order chi connectivity index (χ1) is 8.66. The normalized spacial score (nSPS) is 19.2. The molecule has 1 fully saturated rings. The van der Waals surface area contributed by atoms with E-state index in [-0.39, 0.29) is 17.5 Å².